The Morgan fingerprint density at radius 3 is 3.06 bits per heavy atom. The highest BCUT2D eigenvalue weighted by Gasteiger charge is 2.36. The van der Waals surface area contributed by atoms with Crippen molar-refractivity contribution in [2.75, 3.05) is 25.0 Å². The monoisotopic (exact) mass is 249 g/mol. The van der Waals surface area contributed by atoms with Gasteiger partial charge in [-0.1, -0.05) is 0 Å². The number of nitrogens with zero attached hydrogens (tertiary/aromatic N) is 2. The van der Waals surface area contributed by atoms with E-state index in [0.29, 0.717) is 6.04 Å². The number of hydrogen-bond acceptors (Lipinski definition) is 4. The van der Waals surface area contributed by atoms with Crippen molar-refractivity contribution < 1.29 is 4.79 Å². The second-order valence-electron chi connectivity index (χ2n) is 5.29. The predicted molar refractivity (Wildman–Crippen MR) is 68.4 cm³/mol. The zero-order valence-electron chi connectivity index (χ0n) is 10.6. The van der Waals surface area contributed by atoms with Crippen LogP contribution in [0.1, 0.15) is 25.8 Å². The third kappa shape index (κ3) is 1.91. The molecule has 98 valence electrons. The molecule has 1 unspecified atom stereocenters. The summed E-state index contributed by atoms with van der Waals surface area (Å²) in [6.45, 7) is 4.71. The van der Waals surface area contributed by atoms with Crippen LogP contribution in [0, 0.1) is 0 Å². The molecule has 2 fully saturated rings. The van der Waals surface area contributed by atoms with E-state index in [2.05, 4.69) is 21.0 Å². The van der Waals surface area contributed by atoms with Crippen LogP contribution < -0.4 is 16.0 Å². The Hall–Kier alpha value is -1.40. The molecule has 3 heterocycles. The zero-order valence-corrected chi connectivity index (χ0v) is 10.6. The highest BCUT2D eigenvalue weighted by atomic mass is 16.2. The smallest absolute Gasteiger partial charge is 0.245 e. The largest absolute Gasteiger partial charge is 0.312 e. The van der Waals surface area contributed by atoms with E-state index in [1.165, 1.54) is 0 Å². The molecular weight excluding hydrogens is 230 g/mol. The molecular formula is C12H19N5O. The summed E-state index contributed by atoms with van der Waals surface area (Å²) >= 11 is 0. The van der Waals surface area contributed by atoms with E-state index in [-0.39, 0.29) is 5.91 Å². The summed E-state index contributed by atoms with van der Waals surface area (Å²) in [5.41, 5.74) is -0.438. The highest BCUT2D eigenvalue weighted by Crippen LogP contribution is 2.22. The third-order valence-corrected chi connectivity index (χ3v) is 3.89. The van der Waals surface area contributed by atoms with Gasteiger partial charge in [-0.15, -0.1) is 0 Å². The summed E-state index contributed by atoms with van der Waals surface area (Å²) in [4.78, 5) is 12.3. The van der Waals surface area contributed by atoms with Crippen LogP contribution >= 0.6 is 0 Å². The highest BCUT2D eigenvalue weighted by molar-refractivity contribution is 5.97. The Kier molecular flexibility index (Phi) is 2.83. The predicted octanol–water partition coefficient (Wildman–Crippen LogP) is 0.108. The summed E-state index contributed by atoms with van der Waals surface area (Å²) < 4.78 is 1.90. The van der Waals surface area contributed by atoms with Gasteiger partial charge in [0.05, 0.1) is 17.8 Å². The van der Waals surface area contributed by atoms with Crippen molar-refractivity contribution in [1.82, 2.24) is 20.4 Å². The molecule has 1 amide bonds. The van der Waals surface area contributed by atoms with Crippen LogP contribution in [-0.4, -0.2) is 40.9 Å². The molecule has 1 aromatic rings. The molecule has 6 nitrogen and oxygen atoms in total. The fourth-order valence-corrected chi connectivity index (χ4v) is 2.49. The second kappa shape index (κ2) is 4.37. The summed E-state index contributed by atoms with van der Waals surface area (Å²) in [6, 6.07) is 2.22. The Balaban J connectivity index is 1.72. The van der Waals surface area contributed by atoms with Crippen molar-refractivity contribution in [3.63, 3.8) is 0 Å². The number of carbonyl (C=O) groups is 1. The summed E-state index contributed by atoms with van der Waals surface area (Å²) in [7, 11) is 0. The molecule has 0 radical (unpaired) electrons. The van der Waals surface area contributed by atoms with E-state index in [1.807, 2.05) is 17.7 Å². The van der Waals surface area contributed by atoms with Crippen LogP contribution in [-0.2, 0) is 4.79 Å². The molecule has 2 saturated heterocycles. The summed E-state index contributed by atoms with van der Waals surface area (Å²) in [6.07, 6.45) is 3.67. The molecule has 6 heteroatoms. The van der Waals surface area contributed by atoms with E-state index in [9.17, 15) is 4.79 Å². The maximum atomic E-state index is 12.3. The van der Waals surface area contributed by atoms with Crippen molar-refractivity contribution in [2.24, 2.45) is 0 Å². The first kappa shape index (κ1) is 11.7. The van der Waals surface area contributed by atoms with Gasteiger partial charge in [-0.05, 0) is 26.3 Å². The van der Waals surface area contributed by atoms with Gasteiger partial charge in [-0.25, -0.2) is 4.68 Å². The minimum absolute atomic E-state index is 0.0361. The van der Waals surface area contributed by atoms with E-state index in [0.717, 1.165) is 38.3 Å². The van der Waals surface area contributed by atoms with Crippen LogP contribution in [0.2, 0.25) is 0 Å². The SMILES string of the molecule is CC1(C(=O)Nc2ccnn2C2CNC2)CCCN1. The van der Waals surface area contributed by atoms with Gasteiger partial charge in [0.15, 0.2) is 0 Å². The van der Waals surface area contributed by atoms with Crippen molar-refractivity contribution in [2.45, 2.75) is 31.3 Å². The van der Waals surface area contributed by atoms with Gasteiger partial charge in [-0.2, -0.15) is 5.10 Å². The number of aromatic nitrogens is 2. The molecule has 0 bridgehead atoms. The Labute approximate surface area is 106 Å². The number of amides is 1. The average molecular weight is 249 g/mol. The van der Waals surface area contributed by atoms with Gasteiger partial charge in [-0.3, -0.25) is 4.79 Å². The molecule has 3 rings (SSSR count). The minimum Gasteiger partial charge on any atom is -0.312 e. The molecule has 0 aliphatic carbocycles. The number of hydrogen-bond donors (Lipinski definition) is 3. The van der Waals surface area contributed by atoms with Gasteiger partial charge in [0.1, 0.15) is 5.82 Å². The summed E-state index contributed by atoms with van der Waals surface area (Å²) in [5, 5.41) is 13.7. The number of carbonyl (C=O) groups excluding carboxylic acids is 1. The first-order valence-corrected chi connectivity index (χ1v) is 6.50. The lowest BCUT2D eigenvalue weighted by Crippen LogP contribution is -2.49. The lowest BCUT2D eigenvalue weighted by atomic mass is 9.99. The number of nitrogens with one attached hydrogen (secondary N) is 3. The van der Waals surface area contributed by atoms with Crippen LogP contribution in [0.4, 0.5) is 5.82 Å². The number of rotatable bonds is 3. The van der Waals surface area contributed by atoms with E-state index >= 15 is 0 Å². The topological polar surface area (TPSA) is 71.0 Å². The second-order valence-corrected chi connectivity index (χ2v) is 5.29. The average Bonchev–Trinajstić information content (AvgIpc) is 2.87. The third-order valence-electron chi connectivity index (χ3n) is 3.89. The number of anilines is 1. The first-order valence-electron chi connectivity index (χ1n) is 6.50. The molecule has 2 aliphatic heterocycles. The fraction of sp³-hybridized carbons (Fsp3) is 0.667. The molecule has 1 aromatic heterocycles. The van der Waals surface area contributed by atoms with Crippen molar-refractivity contribution in [1.29, 1.82) is 0 Å². The van der Waals surface area contributed by atoms with Gasteiger partial charge < -0.3 is 16.0 Å². The van der Waals surface area contributed by atoms with Crippen molar-refractivity contribution >= 4 is 11.7 Å². The van der Waals surface area contributed by atoms with Crippen LogP contribution in [0.5, 0.6) is 0 Å². The lowest BCUT2D eigenvalue weighted by molar-refractivity contribution is -0.121. The minimum atomic E-state index is -0.438. The quantitative estimate of drug-likeness (QED) is 0.711. The van der Waals surface area contributed by atoms with E-state index < -0.39 is 5.54 Å². The molecule has 3 N–H and O–H groups in total. The molecule has 0 saturated carbocycles. The normalized spacial score (nSPS) is 28.1. The van der Waals surface area contributed by atoms with Gasteiger partial charge in [0.2, 0.25) is 5.91 Å². The molecule has 0 spiro atoms. The van der Waals surface area contributed by atoms with Crippen LogP contribution in [0.3, 0.4) is 0 Å². The fourth-order valence-electron chi connectivity index (χ4n) is 2.49. The van der Waals surface area contributed by atoms with Gasteiger partial charge in [0.25, 0.3) is 0 Å². The molecule has 1 atom stereocenters. The maximum absolute atomic E-state index is 12.3. The standard InChI is InChI=1S/C12H19N5O/c1-12(4-2-5-14-12)11(18)16-10-3-6-15-17(10)9-7-13-8-9/h3,6,9,13-14H,2,4-5,7-8H2,1H3,(H,16,18). The molecule has 18 heavy (non-hydrogen) atoms. The van der Waals surface area contributed by atoms with Crippen molar-refractivity contribution in [3.05, 3.63) is 12.3 Å². The lowest BCUT2D eigenvalue weighted by Gasteiger charge is -2.30. The van der Waals surface area contributed by atoms with Gasteiger partial charge in [0, 0.05) is 19.2 Å². The van der Waals surface area contributed by atoms with Crippen molar-refractivity contribution in [3.8, 4) is 0 Å². The van der Waals surface area contributed by atoms with E-state index in [4.69, 9.17) is 0 Å². The Bertz CT molecular complexity index is 445. The van der Waals surface area contributed by atoms with Crippen LogP contribution in [0.15, 0.2) is 12.3 Å². The molecule has 0 aromatic carbocycles. The summed E-state index contributed by atoms with van der Waals surface area (Å²) in [5.74, 6) is 0.829. The zero-order chi connectivity index (χ0) is 12.6. The van der Waals surface area contributed by atoms with Gasteiger partial charge >= 0.3 is 0 Å². The maximum Gasteiger partial charge on any atom is 0.245 e. The van der Waals surface area contributed by atoms with E-state index in [1.54, 1.807) is 6.20 Å². The Morgan fingerprint density at radius 2 is 2.44 bits per heavy atom. The van der Waals surface area contributed by atoms with Crippen LogP contribution in [0.25, 0.3) is 0 Å². The molecule has 2 aliphatic rings. The Morgan fingerprint density at radius 1 is 1.61 bits per heavy atom. The first-order chi connectivity index (χ1) is 8.69.